The zero-order valence-electron chi connectivity index (χ0n) is 12.3. The van der Waals surface area contributed by atoms with Crippen LogP contribution in [0.4, 0.5) is 4.79 Å². The first-order chi connectivity index (χ1) is 10.2. The second kappa shape index (κ2) is 7.33. The fraction of sp³-hybridized carbons (Fsp3) is 0.333. The van der Waals surface area contributed by atoms with Crippen LogP contribution in [0.5, 0.6) is 5.75 Å². The number of carbonyl (C=O) groups is 1. The molecule has 0 unspecified atom stereocenters. The monoisotopic (exact) mass is 288 g/mol. The highest BCUT2D eigenvalue weighted by atomic mass is 16.5. The molecule has 0 atom stereocenters. The highest BCUT2D eigenvalue weighted by molar-refractivity contribution is 5.73. The molecular formula is C15H20N4O2. The van der Waals surface area contributed by atoms with Crippen molar-refractivity contribution in [2.75, 3.05) is 13.7 Å². The smallest absolute Gasteiger partial charge is 0.315 e. The van der Waals surface area contributed by atoms with E-state index in [0.717, 1.165) is 23.4 Å². The van der Waals surface area contributed by atoms with Crippen LogP contribution in [0.25, 0.3) is 0 Å². The predicted octanol–water partition coefficient (Wildman–Crippen LogP) is 1.47. The number of amides is 2. The molecular weight excluding hydrogens is 268 g/mol. The minimum atomic E-state index is -0.176. The third-order valence-electron chi connectivity index (χ3n) is 3.21. The summed E-state index contributed by atoms with van der Waals surface area (Å²) < 4.78 is 6.84. The number of carbonyl (C=O) groups excluding carboxylic acids is 1. The Bertz CT molecular complexity index is 578. The number of hydrogen-bond acceptors (Lipinski definition) is 3. The number of aromatic nitrogens is 2. The minimum Gasteiger partial charge on any atom is -0.497 e. The van der Waals surface area contributed by atoms with Crippen molar-refractivity contribution in [3.63, 3.8) is 0 Å². The number of methoxy groups -OCH3 is 1. The van der Waals surface area contributed by atoms with E-state index in [1.165, 1.54) is 0 Å². The van der Waals surface area contributed by atoms with E-state index in [9.17, 15) is 4.79 Å². The lowest BCUT2D eigenvalue weighted by Gasteiger charge is -2.08. The van der Waals surface area contributed by atoms with Crippen LogP contribution in [0, 0.1) is 0 Å². The Balaban J connectivity index is 1.68. The van der Waals surface area contributed by atoms with Crippen molar-refractivity contribution in [2.24, 2.45) is 7.05 Å². The van der Waals surface area contributed by atoms with E-state index >= 15 is 0 Å². The number of rotatable bonds is 6. The maximum Gasteiger partial charge on any atom is 0.315 e. The molecule has 1 aromatic heterocycles. The summed E-state index contributed by atoms with van der Waals surface area (Å²) in [6, 6.07) is 9.51. The topological polar surface area (TPSA) is 68.2 Å². The molecule has 6 heteroatoms. The van der Waals surface area contributed by atoms with Gasteiger partial charge in [-0.05, 0) is 30.2 Å². The van der Waals surface area contributed by atoms with Crippen molar-refractivity contribution >= 4 is 6.03 Å². The summed E-state index contributed by atoms with van der Waals surface area (Å²) in [6.45, 7) is 1.05. The molecule has 0 aliphatic heterocycles. The molecule has 112 valence electrons. The lowest BCUT2D eigenvalue weighted by molar-refractivity contribution is 0.240. The summed E-state index contributed by atoms with van der Waals surface area (Å²) in [5, 5.41) is 9.68. The molecule has 0 radical (unpaired) electrons. The summed E-state index contributed by atoms with van der Waals surface area (Å²) in [7, 11) is 3.49. The minimum absolute atomic E-state index is 0.176. The van der Waals surface area contributed by atoms with E-state index in [1.807, 2.05) is 37.4 Å². The Kier molecular flexibility index (Phi) is 5.20. The maximum absolute atomic E-state index is 11.7. The largest absolute Gasteiger partial charge is 0.497 e. The SMILES string of the molecule is COc1ccc(CCNC(=O)NCc2ccnn2C)cc1. The van der Waals surface area contributed by atoms with Crippen molar-refractivity contribution < 1.29 is 9.53 Å². The van der Waals surface area contributed by atoms with Gasteiger partial charge in [0.1, 0.15) is 5.75 Å². The third-order valence-corrected chi connectivity index (χ3v) is 3.21. The first kappa shape index (κ1) is 14.9. The molecule has 0 fully saturated rings. The zero-order valence-corrected chi connectivity index (χ0v) is 12.3. The highest BCUT2D eigenvalue weighted by Gasteiger charge is 2.03. The molecule has 21 heavy (non-hydrogen) atoms. The van der Waals surface area contributed by atoms with Gasteiger partial charge in [0.2, 0.25) is 0 Å². The second-order valence-electron chi connectivity index (χ2n) is 4.65. The van der Waals surface area contributed by atoms with E-state index < -0.39 is 0 Å². The lowest BCUT2D eigenvalue weighted by Crippen LogP contribution is -2.36. The van der Waals surface area contributed by atoms with Crippen molar-refractivity contribution in [3.8, 4) is 5.75 Å². The fourth-order valence-corrected chi connectivity index (χ4v) is 1.92. The second-order valence-corrected chi connectivity index (χ2v) is 4.65. The van der Waals surface area contributed by atoms with Gasteiger partial charge in [0.25, 0.3) is 0 Å². The van der Waals surface area contributed by atoms with Crippen LogP contribution < -0.4 is 15.4 Å². The Hall–Kier alpha value is -2.50. The molecule has 1 heterocycles. The molecule has 0 saturated carbocycles. The van der Waals surface area contributed by atoms with Crippen LogP contribution in [0.1, 0.15) is 11.3 Å². The van der Waals surface area contributed by atoms with Gasteiger partial charge >= 0.3 is 6.03 Å². The van der Waals surface area contributed by atoms with Crippen molar-refractivity contribution in [1.29, 1.82) is 0 Å². The zero-order chi connectivity index (χ0) is 15.1. The van der Waals surface area contributed by atoms with Crippen molar-refractivity contribution in [2.45, 2.75) is 13.0 Å². The van der Waals surface area contributed by atoms with Crippen LogP contribution in [0.3, 0.4) is 0 Å². The Labute approximate surface area is 124 Å². The molecule has 0 bridgehead atoms. The molecule has 2 amide bonds. The van der Waals surface area contributed by atoms with Gasteiger partial charge in [-0.15, -0.1) is 0 Å². The molecule has 2 N–H and O–H groups in total. The van der Waals surface area contributed by atoms with Gasteiger partial charge in [-0.25, -0.2) is 4.79 Å². The first-order valence-electron chi connectivity index (χ1n) is 6.80. The van der Waals surface area contributed by atoms with Gasteiger partial charge in [-0.2, -0.15) is 5.10 Å². The molecule has 1 aromatic carbocycles. The Morgan fingerprint density at radius 3 is 2.62 bits per heavy atom. The summed E-state index contributed by atoms with van der Waals surface area (Å²) in [5.41, 5.74) is 2.11. The number of hydrogen-bond donors (Lipinski definition) is 2. The highest BCUT2D eigenvalue weighted by Crippen LogP contribution is 2.11. The quantitative estimate of drug-likeness (QED) is 0.846. The van der Waals surface area contributed by atoms with E-state index in [4.69, 9.17) is 4.74 Å². The molecule has 0 spiro atoms. The van der Waals surface area contributed by atoms with E-state index in [2.05, 4.69) is 15.7 Å². The lowest BCUT2D eigenvalue weighted by atomic mass is 10.1. The van der Waals surface area contributed by atoms with E-state index in [-0.39, 0.29) is 6.03 Å². The number of benzene rings is 1. The summed E-state index contributed by atoms with van der Waals surface area (Å²) in [6.07, 6.45) is 2.49. The van der Waals surface area contributed by atoms with Crippen molar-refractivity contribution in [3.05, 3.63) is 47.8 Å². The number of aryl methyl sites for hydroxylation is 1. The molecule has 0 saturated heterocycles. The standard InChI is InChI=1S/C15H20N4O2/c1-19-13(8-10-18-19)11-17-15(20)16-9-7-12-3-5-14(21-2)6-4-12/h3-6,8,10H,7,9,11H2,1-2H3,(H2,16,17,20). The number of urea groups is 1. The van der Waals surface area contributed by atoms with Gasteiger partial charge in [-0.1, -0.05) is 12.1 Å². The fourth-order valence-electron chi connectivity index (χ4n) is 1.92. The van der Waals surface area contributed by atoms with Crippen molar-refractivity contribution in [1.82, 2.24) is 20.4 Å². The average Bonchev–Trinajstić information content (AvgIpc) is 2.91. The predicted molar refractivity (Wildman–Crippen MR) is 80.1 cm³/mol. The molecule has 0 aliphatic rings. The van der Waals surface area contributed by atoms with Gasteiger partial charge in [0.15, 0.2) is 0 Å². The van der Waals surface area contributed by atoms with Gasteiger partial charge < -0.3 is 15.4 Å². The summed E-state index contributed by atoms with van der Waals surface area (Å²) in [4.78, 5) is 11.7. The molecule has 2 aromatic rings. The van der Waals surface area contributed by atoms with E-state index in [0.29, 0.717) is 13.1 Å². The van der Waals surface area contributed by atoms with Crippen LogP contribution >= 0.6 is 0 Å². The van der Waals surface area contributed by atoms with Crippen LogP contribution in [-0.2, 0) is 20.0 Å². The Morgan fingerprint density at radius 1 is 1.24 bits per heavy atom. The number of nitrogens with one attached hydrogen (secondary N) is 2. The summed E-state index contributed by atoms with van der Waals surface area (Å²) >= 11 is 0. The number of ether oxygens (including phenoxy) is 1. The maximum atomic E-state index is 11.7. The average molecular weight is 288 g/mol. The van der Waals surface area contributed by atoms with Crippen LogP contribution in [-0.4, -0.2) is 29.5 Å². The van der Waals surface area contributed by atoms with E-state index in [1.54, 1.807) is 18.0 Å². The van der Waals surface area contributed by atoms with Crippen LogP contribution in [0.15, 0.2) is 36.5 Å². The van der Waals surface area contributed by atoms with Gasteiger partial charge in [0.05, 0.1) is 19.3 Å². The molecule has 2 rings (SSSR count). The summed E-state index contributed by atoms with van der Waals surface area (Å²) in [5.74, 6) is 0.834. The number of nitrogens with zero attached hydrogens (tertiary/aromatic N) is 2. The van der Waals surface area contributed by atoms with Gasteiger partial charge in [-0.3, -0.25) is 4.68 Å². The van der Waals surface area contributed by atoms with Crippen LogP contribution in [0.2, 0.25) is 0 Å². The van der Waals surface area contributed by atoms with Gasteiger partial charge in [0, 0.05) is 19.8 Å². The molecule has 6 nitrogen and oxygen atoms in total. The first-order valence-corrected chi connectivity index (χ1v) is 6.80. The molecule has 0 aliphatic carbocycles. The Morgan fingerprint density at radius 2 is 2.00 bits per heavy atom. The normalized spacial score (nSPS) is 10.2. The third kappa shape index (κ3) is 4.52.